The van der Waals surface area contributed by atoms with Crippen LogP contribution in [0, 0.1) is 10.1 Å². The van der Waals surface area contributed by atoms with Gasteiger partial charge in [-0.2, -0.15) is 0 Å². The molecule has 0 spiro atoms. The number of guanidine groups is 1. The fourth-order valence-corrected chi connectivity index (χ4v) is 4.48. The molecule has 0 aliphatic heterocycles. The summed E-state index contributed by atoms with van der Waals surface area (Å²) in [5, 5.41) is 25.4. The summed E-state index contributed by atoms with van der Waals surface area (Å²) in [5.41, 5.74) is 13.5. The molecule has 1 atom stereocenters. The average molecular weight is 561 g/mol. The fourth-order valence-electron chi connectivity index (χ4n) is 4.48. The number of rotatable bonds is 14. The zero-order valence-corrected chi connectivity index (χ0v) is 22.3. The van der Waals surface area contributed by atoms with Gasteiger partial charge in [-0.1, -0.05) is 84.9 Å². The molecule has 3 aromatic rings. The highest BCUT2D eigenvalue weighted by Crippen LogP contribution is 2.29. The van der Waals surface area contributed by atoms with E-state index >= 15 is 0 Å². The van der Waals surface area contributed by atoms with Crippen molar-refractivity contribution >= 4 is 23.7 Å². The van der Waals surface area contributed by atoms with Crippen LogP contribution in [0.1, 0.15) is 41.0 Å². The van der Waals surface area contributed by atoms with Gasteiger partial charge < -0.3 is 26.8 Å². The highest BCUT2D eigenvalue weighted by atomic mass is 16.7. The second-order valence-electron chi connectivity index (χ2n) is 9.33. The molecule has 0 aliphatic rings. The van der Waals surface area contributed by atoms with Gasteiger partial charge in [0.25, 0.3) is 5.96 Å². The lowest BCUT2D eigenvalue weighted by Gasteiger charge is -2.33. The molecule has 41 heavy (non-hydrogen) atoms. The minimum absolute atomic E-state index is 0.0127. The number of carboxylic acids is 1. The summed E-state index contributed by atoms with van der Waals surface area (Å²) in [7, 11) is 0. The van der Waals surface area contributed by atoms with E-state index < -0.39 is 40.7 Å². The topological polar surface area (TPSA) is 194 Å². The standard InChI is InChI=1S/C29H32N6O6/c30-25(36)18-20-13-15-21(16-14-20)19-34(24(28(38)39)12-7-17-32-29(31)33-35(40)41)27(37)26(22-8-3-1-4-9-22)23-10-5-2-6-11-23/h1-6,8-11,13-16,24,26H,7,12,17-19H2,(H2,30,36)(H,38,39)(H3,31,32,33)/t24-/m1/s1. The van der Waals surface area contributed by atoms with Crippen molar-refractivity contribution < 1.29 is 24.5 Å². The van der Waals surface area contributed by atoms with E-state index in [0.717, 1.165) is 0 Å². The molecule has 0 bridgehead atoms. The predicted molar refractivity (Wildman–Crippen MR) is 152 cm³/mol. The number of hydrazone groups is 1. The summed E-state index contributed by atoms with van der Waals surface area (Å²) < 4.78 is 0. The summed E-state index contributed by atoms with van der Waals surface area (Å²) in [5.74, 6) is -3.26. The van der Waals surface area contributed by atoms with Crippen molar-refractivity contribution in [2.24, 2.45) is 16.6 Å². The van der Waals surface area contributed by atoms with Crippen LogP contribution in [-0.4, -0.2) is 51.4 Å². The number of benzene rings is 3. The van der Waals surface area contributed by atoms with Crippen LogP contribution in [-0.2, 0) is 27.3 Å². The van der Waals surface area contributed by atoms with Crippen molar-refractivity contribution in [3.63, 3.8) is 0 Å². The Bertz CT molecular complexity index is 1330. The van der Waals surface area contributed by atoms with E-state index in [4.69, 9.17) is 11.5 Å². The molecule has 214 valence electrons. The maximum absolute atomic E-state index is 14.3. The first kappa shape index (κ1) is 30.3. The molecule has 12 heteroatoms. The average Bonchev–Trinajstić information content (AvgIpc) is 2.93. The maximum Gasteiger partial charge on any atom is 0.326 e. The number of nitrogens with zero attached hydrogens (tertiary/aromatic N) is 3. The van der Waals surface area contributed by atoms with Crippen LogP contribution >= 0.6 is 0 Å². The molecule has 0 aromatic heterocycles. The lowest BCUT2D eigenvalue weighted by Crippen LogP contribution is -2.47. The number of primary amides is 1. The van der Waals surface area contributed by atoms with Crippen LogP contribution in [0.2, 0.25) is 0 Å². The second kappa shape index (κ2) is 14.8. The Balaban J connectivity index is 1.96. The molecular weight excluding hydrogens is 528 g/mol. The number of nitrogens with two attached hydrogens (primary N) is 2. The van der Waals surface area contributed by atoms with Gasteiger partial charge in [-0.3, -0.25) is 9.59 Å². The fraction of sp³-hybridized carbons (Fsp3) is 0.241. The zero-order valence-electron chi connectivity index (χ0n) is 22.3. The summed E-state index contributed by atoms with van der Waals surface area (Å²) in [6.45, 7) is 0.0960. The van der Waals surface area contributed by atoms with Gasteiger partial charge in [-0.15, -0.1) is 0 Å². The molecule has 3 rings (SSSR count). The first-order valence-electron chi connectivity index (χ1n) is 12.9. The summed E-state index contributed by atoms with van der Waals surface area (Å²) in [6, 6.07) is 23.9. The van der Waals surface area contributed by atoms with E-state index in [1.807, 2.05) is 60.7 Å². The number of hydrogen-bond acceptors (Lipinski definition) is 5. The Hall–Kier alpha value is -5.26. The molecule has 0 saturated carbocycles. The van der Waals surface area contributed by atoms with Crippen LogP contribution in [0.5, 0.6) is 0 Å². The normalized spacial score (nSPS) is 12.0. The van der Waals surface area contributed by atoms with Crippen molar-refractivity contribution in [1.29, 1.82) is 0 Å². The van der Waals surface area contributed by atoms with E-state index in [1.165, 1.54) is 4.90 Å². The van der Waals surface area contributed by atoms with E-state index in [1.54, 1.807) is 24.3 Å². The third kappa shape index (κ3) is 9.17. The third-order valence-corrected chi connectivity index (χ3v) is 6.36. The van der Waals surface area contributed by atoms with Crippen molar-refractivity contribution in [3.8, 4) is 0 Å². The van der Waals surface area contributed by atoms with Gasteiger partial charge in [0.1, 0.15) is 11.1 Å². The number of hydrogen-bond donors (Lipinski definition) is 4. The highest BCUT2D eigenvalue weighted by Gasteiger charge is 2.35. The van der Waals surface area contributed by atoms with Crippen molar-refractivity contribution in [3.05, 3.63) is 117 Å². The monoisotopic (exact) mass is 560 g/mol. The predicted octanol–water partition coefficient (Wildman–Crippen LogP) is 2.20. The third-order valence-electron chi connectivity index (χ3n) is 6.36. The molecule has 6 N–H and O–H groups in total. The molecule has 0 unspecified atom stereocenters. The van der Waals surface area contributed by atoms with Gasteiger partial charge in [-0.05, 0) is 35.1 Å². The van der Waals surface area contributed by atoms with Gasteiger partial charge >= 0.3 is 5.97 Å². The molecular formula is C29H32N6O6. The Morgan fingerprint density at radius 2 is 1.44 bits per heavy atom. The number of carbonyl (C=O) groups is 3. The Morgan fingerprint density at radius 1 is 0.902 bits per heavy atom. The van der Waals surface area contributed by atoms with Crippen LogP contribution in [0.3, 0.4) is 0 Å². The number of amides is 2. The van der Waals surface area contributed by atoms with Gasteiger partial charge in [0.05, 0.1) is 12.3 Å². The van der Waals surface area contributed by atoms with E-state index in [-0.39, 0.29) is 32.4 Å². The van der Waals surface area contributed by atoms with E-state index in [2.05, 4.69) is 10.4 Å². The SMILES string of the molecule is NC(=O)Cc1ccc(CN(C(=O)C(c2ccccc2)c2ccccc2)[C@H](CCCN/C(N)=N\[N+](=O)[O-])C(=O)O)cc1. The smallest absolute Gasteiger partial charge is 0.326 e. The number of nitro groups is 1. The van der Waals surface area contributed by atoms with Crippen LogP contribution in [0.15, 0.2) is 90.0 Å². The van der Waals surface area contributed by atoms with Crippen molar-refractivity contribution in [2.45, 2.75) is 37.8 Å². The van der Waals surface area contributed by atoms with Crippen LogP contribution in [0.25, 0.3) is 0 Å². The van der Waals surface area contributed by atoms with Crippen LogP contribution < -0.4 is 16.8 Å². The number of carbonyl (C=O) groups excluding carboxylic acids is 2. The lowest BCUT2D eigenvalue weighted by atomic mass is 9.89. The highest BCUT2D eigenvalue weighted by molar-refractivity contribution is 5.90. The van der Waals surface area contributed by atoms with Gasteiger partial charge in [0.15, 0.2) is 5.03 Å². The molecule has 3 aromatic carbocycles. The van der Waals surface area contributed by atoms with E-state index in [9.17, 15) is 29.6 Å². The zero-order chi connectivity index (χ0) is 29.8. The Kier molecular flexibility index (Phi) is 10.9. The van der Waals surface area contributed by atoms with E-state index in [0.29, 0.717) is 22.3 Å². The molecule has 0 saturated heterocycles. The molecule has 2 amide bonds. The minimum Gasteiger partial charge on any atom is -0.480 e. The van der Waals surface area contributed by atoms with Gasteiger partial charge in [0, 0.05) is 13.1 Å². The summed E-state index contributed by atoms with van der Waals surface area (Å²) >= 11 is 0. The minimum atomic E-state index is -1.22. The first-order valence-corrected chi connectivity index (χ1v) is 12.9. The Morgan fingerprint density at radius 3 is 1.93 bits per heavy atom. The molecule has 0 fully saturated rings. The quantitative estimate of drug-likeness (QED) is 0.0757. The number of nitrogens with one attached hydrogen (secondary N) is 1. The molecule has 0 aliphatic carbocycles. The number of aliphatic carboxylic acids is 1. The number of carboxylic acid groups (broad SMARTS) is 1. The maximum atomic E-state index is 14.3. The van der Waals surface area contributed by atoms with Crippen LogP contribution in [0.4, 0.5) is 0 Å². The van der Waals surface area contributed by atoms with Gasteiger partial charge in [-0.25, -0.2) is 14.9 Å². The molecule has 12 nitrogen and oxygen atoms in total. The Labute approximate surface area is 236 Å². The largest absolute Gasteiger partial charge is 0.480 e. The second-order valence-corrected chi connectivity index (χ2v) is 9.33. The van der Waals surface area contributed by atoms with Gasteiger partial charge in [0.2, 0.25) is 11.8 Å². The summed E-state index contributed by atoms with van der Waals surface area (Å²) in [4.78, 5) is 50.1. The lowest BCUT2D eigenvalue weighted by molar-refractivity contribution is -0.485. The first-order chi connectivity index (χ1) is 19.7. The summed E-state index contributed by atoms with van der Waals surface area (Å²) in [6.07, 6.45) is 0.324. The van der Waals surface area contributed by atoms with Crippen molar-refractivity contribution in [2.75, 3.05) is 6.54 Å². The molecule has 0 heterocycles. The van der Waals surface area contributed by atoms with Crippen molar-refractivity contribution in [1.82, 2.24) is 10.2 Å². The molecule has 0 radical (unpaired) electrons.